The van der Waals surface area contributed by atoms with E-state index in [4.69, 9.17) is 11.5 Å². The summed E-state index contributed by atoms with van der Waals surface area (Å²) in [7, 11) is 0. The van der Waals surface area contributed by atoms with Gasteiger partial charge in [0.1, 0.15) is 12.0 Å². The molecule has 3 atom stereocenters. The van der Waals surface area contributed by atoms with Gasteiger partial charge in [-0.1, -0.05) is 12.1 Å². The van der Waals surface area contributed by atoms with Crippen LogP contribution in [0.2, 0.25) is 0 Å². The van der Waals surface area contributed by atoms with E-state index in [9.17, 15) is 4.39 Å². The highest BCUT2D eigenvalue weighted by Gasteiger charge is 2.41. The Balaban J connectivity index is 1.54. The van der Waals surface area contributed by atoms with E-state index in [0.717, 1.165) is 42.3 Å². The molecule has 0 spiro atoms. The summed E-state index contributed by atoms with van der Waals surface area (Å²) in [6.45, 7) is 3.72. The number of halogens is 1. The van der Waals surface area contributed by atoms with E-state index >= 15 is 0 Å². The maximum absolute atomic E-state index is 13.5. The van der Waals surface area contributed by atoms with Crippen LogP contribution in [0, 0.1) is 5.82 Å². The molecule has 1 saturated carbocycles. The van der Waals surface area contributed by atoms with Crippen LogP contribution in [0.1, 0.15) is 49.4 Å². The maximum atomic E-state index is 13.5. The van der Waals surface area contributed by atoms with E-state index in [1.165, 1.54) is 30.5 Å². The highest BCUT2D eigenvalue weighted by atomic mass is 19.1. The number of benzene rings is 1. The lowest BCUT2D eigenvalue weighted by atomic mass is 9.96. The number of rotatable bonds is 4. The van der Waals surface area contributed by atoms with Crippen LogP contribution in [-0.4, -0.2) is 40.6 Å². The van der Waals surface area contributed by atoms with E-state index in [-0.39, 0.29) is 18.0 Å². The number of H-pyrrole nitrogens is 1. The van der Waals surface area contributed by atoms with Crippen molar-refractivity contribution in [3.05, 3.63) is 58.7 Å². The van der Waals surface area contributed by atoms with Crippen molar-refractivity contribution in [3.63, 3.8) is 0 Å². The first-order valence-corrected chi connectivity index (χ1v) is 10.4. The molecule has 29 heavy (non-hydrogen) atoms. The van der Waals surface area contributed by atoms with Crippen molar-refractivity contribution >= 4 is 5.82 Å². The second-order valence-corrected chi connectivity index (χ2v) is 8.25. The summed E-state index contributed by atoms with van der Waals surface area (Å²) in [6.07, 6.45) is 2.49. The lowest BCUT2D eigenvalue weighted by molar-refractivity contribution is 0.156. The maximum Gasteiger partial charge on any atom is 0.158 e. The lowest BCUT2D eigenvalue weighted by Gasteiger charge is -2.52. The van der Waals surface area contributed by atoms with Gasteiger partial charge in [0.25, 0.3) is 0 Å². The Kier molecular flexibility index (Phi) is 4.57. The second-order valence-electron chi connectivity index (χ2n) is 8.25. The topological polar surface area (TPSA) is 99.2 Å². The lowest BCUT2D eigenvalue weighted by Crippen LogP contribution is -2.66. The molecule has 2 aromatic rings. The fraction of sp³-hybridized carbons (Fsp3) is 0.476. The molecule has 1 fully saturated rings. The number of aromatic amines is 1. The molecule has 1 aromatic carbocycles. The van der Waals surface area contributed by atoms with Gasteiger partial charge < -0.3 is 20.9 Å². The van der Waals surface area contributed by atoms with Crippen LogP contribution < -0.4 is 21.7 Å². The van der Waals surface area contributed by atoms with Crippen LogP contribution in [0.3, 0.4) is 0 Å². The molecular weight excluding hydrogens is 369 g/mol. The first-order chi connectivity index (χ1) is 14.0. The van der Waals surface area contributed by atoms with Crippen molar-refractivity contribution in [1.82, 2.24) is 20.4 Å². The summed E-state index contributed by atoms with van der Waals surface area (Å²) < 4.78 is 13.5. The largest absolute Gasteiger partial charge is 0.334 e. The van der Waals surface area contributed by atoms with Crippen LogP contribution in [0.4, 0.5) is 10.2 Å². The van der Waals surface area contributed by atoms with Gasteiger partial charge >= 0.3 is 0 Å². The van der Waals surface area contributed by atoms with Gasteiger partial charge in [-0.25, -0.2) is 4.39 Å². The Bertz CT molecular complexity index is 917. The van der Waals surface area contributed by atoms with Gasteiger partial charge in [0, 0.05) is 29.9 Å². The van der Waals surface area contributed by atoms with Gasteiger partial charge in [-0.2, -0.15) is 5.10 Å². The van der Waals surface area contributed by atoms with Crippen molar-refractivity contribution in [2.75, 3.05) is 18.0 Å². The first-order valence-electron chi connectivity index (χ1n) is 10.4. The third-order valence-electron chi connectivity index (χ3n) is 6.41. The van der Waals surface area contributed by atoms with Crippen LogP contribution in [0.5, 0.6) is 0 Å². The van der Waals surface area contributed by atoms with Crippen molar-refractivity contribution in [2.24, 2.45) is 11.5 Å². The average molecular weight is 398 g/mol. The Morgan fingerprint density at radius 1 is 1.21 bits per heavy atom. The number of hydrogen-bond acceptors (Lipinski definition) is 6. The third kappa shape index (κ3) is 3.21. The normalized spacial score (nSPS) is 25.9. The molecule has 8 heteroatoms. The molecular formula is C21H28FN7. The predicted octanol–water partition coefficient (Wildman–Crippen LogP) is 2.08. The smallest absolute Gasteiger partial charge is 0.158 e. The number of aromatic nitrogens is 2. The quantitative estimate of drug-likeness (QED) is 0.631. The van der Waals surface area contributed by atoms with Gasteiger partial charge in [-0.15, -0.1) is 0 Å². The molecule has 0 radical (unpaired) electrons. The van der Waals surface area contributed by atoms with Gasteiger partial charge in [0.2, 0.25) is 0 Å². The van der Waals surface area contributed by atoms with E-state index < -0.39 is 6.29 Å². The minimum Gasteiger partial charge on any atom is -0.334 e. The molecule has 2 aliphatic heterocycles. The summed E-state index contributed by atoms with van der Waals surface area (Å²) in [6, 6.07) is 8.69. The molecule has 0 saturated heterocycles. The number of hydrogen-bond donors (Lipinski definition) is 4. The van der Waals surface area contributed by atoms with Gasteiger partial charge in [0.15, 0.2) is 12.1 Å². The fourth-order valence-electron chi connectivity index (χ4n) is 4.59. The van der Waals surface area contributed by atoms with E-state index in [1.54, 1.807) is 0 Å². The molecule has 1 aliphatic carbocycles. The standard InChI is InChI=1S/C21H28FN7/c1-12(13-4-6-15(22)7-5-13)28-18-11-25-9-8-16(18)20(23)29(21(28)24)19-10-17(26-27-19)14-2-3-14/h4-7,10,12,14,20-21,25H,2-3,8-9,11,23-24H2,1H3,(H,26,27). The predicted molar refractivity (Wildman–Crippen MR) is 110 cm³/mol. The zero-order valence-electron chi connectivity index (χ0n) is 16.6. The molecule has 5 rings (SSSR count). The average Bonchev–Trinajstić information content (AvgIpc) is 3.47. The van der Waals surface area contributed by atoms with E-state index in [2.05, 4.69) is 33.4 Å². The van der Waals surface area contributed by atoms with E-state index in [1.807, 2.05) is 17.0 Å². The number of nitrogens with one attached hydrogen (secondary N) is 2. The zero-order valence-corrected chi connectivity index (χ0v) is 16.6. The number of anilines is 1. The molecule has 0 amide bonds. The molecule has 6 N–H and O–H groups in total. The molecule has 7 nitrogen and oxygen atoms in total. The minimum atomic E-state index is -0.473. The molecule has 0 bridgehead atoms. The van der Waals surface area contributed by atoms with Gasteiger partial charge in [0.05, 0.1) is 6.04 Å². The molecule has 3 aliphatic rings. The van der Waals surface area contributed by atoms with Gasteiger partial charge in [-0.05, 0) is 56.0 Å². The molecule has 1 aromatic heterocycles. The monoisotopic (exact) mass is 397 g/mol. The number of nitrogens with zero attached hydrogens (tertiary/aromatic N) is 3. The van der Waals surface area contributed by atoms with Crippen molar-refractivity contribution in [3.8, 4) is 0 Å². The van der Waals surface area contributed by atoms with Crippen LogP contribution in [-0.2, 0) is 0 Å². The van der Waals surface area contributed by atoms with E-state index in [0.29, 0.717) is 5.92 Å². The summed E-state index contributed by atoms with van der Waals surface area (Å²) in [4.78, 5) is 4.20. The van der Waals surface area contributed by atoms with Crippen molar-refractivity contribution < 1.29 is 4.39 Å². The Hall–Kier alpha value is -2.42. The van der Waals surface area contributed by atoms with Crippen molar-refractivity contribution in [1.29, 1.82) is 0 Å². The Morgan fingerprint density at radius 2 is 1.97 bits per heavy atom. The molecule has 3 unspecified atom stereocenters. The van der Waals surface area contributed by atoms with Crippen molar-refractivity contribution in [2.45, 2.75) is 50.6 Å². The zero-order chi connectivity index (χ0) is 20.1. The highest BCUT2D eigenvalue weighted by molar-refractivity contribution is 5.49. The summed E-state index contributed by atoms with van der Waals surface area (Å²) in [5.74, 6) is 1.13. The molecule has 154 valence electrons. The minimum absolute atomic E-state index is 0.0349. The van der Waals surface area contributed by atoms with Crippen LogP contribution in [0.15, 0.2) is 41.6 Å². The van der Waals surface area contributed by atoms with Crippen LogP contribution >= 0.6 is 0 Å². The summed E-state index contributed by atoms with van der Waals surface area (Å²) in [5, 5.41) is 11.2. The second kappa shape index (κ2) is 7.12. The number of nitrogens with two attached hydrogens (primary N) is 2. The fourth-order valence-corrected chi connectivity index (χ4v) is 4.59. The SMILES string of the molecule is CC(c1ccc(F)cc1)N1C2=C(CCNC2)C(N)N(c2cc(C3CC3)[nH]n2)C1N. The molecule has 3 heterocycles. The summed E-state index contributed by atoms with van der Waals surface area (Å²) in [5.41, 5.74) is 18.0. The van der Waals surface area contributed by atoms with Crippen LogP contribution in [0.25, 0.3) is 0 Å². The summed E-state index contributed by atoms with van der Waals surface area (Å²) >= 11 is 0. The Morgan fingerprint density at radius 3 is 2.69 bits per heavy atom. The first kappa shape index (κ1) is 18.6. The third-order valence-corrected chi connectivity index (χ3v) is 6.41. The van der Waals surface area contributed by atoms with Gasteiger partial charge in [-0.3, -0.25) is 10.8 Å². The highest BCUT2D eigenvalue weighted by Crippen LogP contribution is 2.41. The Labute approximate surface area is 169 Å².